The van der Waals surface area contributed by atoms with E-state index in [1.54, 1.807) is 0 Å². The largest absolute Gasteiger partial charge is 0.498 e. The van der Waals surface area contributed by atoms with Crippen LogP contribution in [-0.2, 0) is 4.74 Å². The first kappa shape index (κ1) is 26.8. The van der Waals surface area contributed by atoms with Crippen molar-refractivity contribution in [1.82, 2.24) is 0 Å². The summed E-state index contributed by atoms with van der Waals surface area (Å²) in [5.41, 5.74) is 5.22. The SMILES string of the molecule is C=C1C[C@H]2[C@@H]3CC=C4C=C(OCC)CC[C@@H]4[C@H]3CC[C@]2(C)[C@]1(O)C#C[Si](CCC)(CCC)CCC. The average molecular weight is 495 g/mol. The third-order valence-electron chi connectivity index (χ3n) is 10.3. The Hall–Kier alpha value is -1.24. The van der Waals surface area contributed by atoms with Crippen LogP contribution in [0.2, 0.25) is 18.1 Å². The van der Waals surface area contributed by atoms with E-state index >= 15 is 0 Å². The number of hydrogen-bond donors (Lipinski definition) is 1. The van der Waals surface area contributed by atoms with E-state index in [2.05, 4.69) is 64.8 Å². The Labute approximate surface area is 216 Å². The molecule has 0 aliphatic heterocycles. The lowest BCUT2D eigenvalue weighted by molar-refractivity contribution is -0.0717. The van der Waals surface area contributed by atoms with Crippen LogP contribution >= 0.6 is 0 Å². The number of allylic oxidation sites excluding steroid dienone is 4. The van der Waals surface area contributed by atoms with Gasteiger partial charge in [0, 0.05) is 11.8 Å². The highest BCUT2D eigenvalue weighted by molar-refractivity contribution is 6.87. The molecule has 3 heteroatoms. The summed E-state index contributed by atoms with van der Waals surface area (Å²) in [6, 6.07) is 3.80. The van der Waals surface area contributed by atoms with E-state index in [1.165, 1.54) is 61.6 Å². The van der Waals surface area contributed by atoms with Gasteiger partial charge in [-0.15, -0.1) is 5.54 Å². The predicted octanol–water partition coefficient (Wildman–Crippen LogP) is 8.21. The zero-order valence-electron chi connectivity index (χ0n) is 23.2. The second-order valence-electron chi connectivity index (χ2n) is 12.3. The normalized spacial score (nSPS) is 36.2. The Bertz CT molecular complexity index is 903. The zero-order chi connectivity index (χ0) is 25.3. The van der Waals surface area contributed by atoms with Crippen molar-refractivity contribution in [1.29, 1.82) is 0 Å². The van der Waals surface area contributed by atoms with E-state index in [9.17, 15) is 5.11 Å². The third-order valence-corrected chi connectivity index (χ3v) is 15.3. The molecule has 0 saturated heterocycles. The van der Waals surface area contributed by atoms with Crippen molar-refractivity contribution in [2.75, 3.05) is 6.61 Å². The summed E-state index contributed by atoms with van der Waals surface area (Å²) >= 11 is 0. The van der Waals surface area contributed by atoms with E-state index in [-0.39, 0.29) is 5.41 Å². The fourth-order valence-electron chi connectivity index (χ4n) is 8.64. The van der Waals surface area contributed by atoms with Crippen LogP contribution in [0.1, 0.15) is 92.4 Å². The van der Waals surface area contributed by atoms with Gasteiger partial charge in [-0.2, -0.15) is 0 Å². The Morgan fingerprint density at radius 3 is 2.40 bits per heavy atom. The van der Waals surface area contributed by atoms with Crippen molar-refractivity contribution in [3.05, 3.63) is 35.6 Å². The predicted molar refractivity (Wildman–Crippen MR) is 150 cm³/mol. The maximum Gasteiger partial charge on any atom is 0.151 e. The molecule has 4 aliphatic carbocycles. The van der Waals surface area contributed by atoms with Gasteiger partial charge < -0.3 is 9.84 Å². The Kier molecular flexibility index (Phi) is 8.14. The molecule has 0 heterocycles. The molecule has 0 aromatic carbocycles. The Balaban J connectivity index is 1.63. The monoisotopic (exact) mass is 494 g/mol. The molecule has 4 aliphatic rings. The number of hydrogen-bond acceptors (Lipinski definition) is 2. The van der Waals surface area contributed by atoms with E-state index in [1.807, 2.05) is 0 Å². The van der Waals surface area contributed by atoms with Crippen LogP contribution in [0, 0.1) is 40.6 Å². The van der Waals surface area contributed by atoms with Crippen molar-refractivity contribution in [2.24, 2.45) is 29.1 Å². The van der Waals surface area contributed by atoms with Gasteiger partial charge in [0.15, 0.2) is 5.60 Å². The van der Waals surface area contributed by atoms with Crippen LogP contribution in [-0.4, -0.2) is 25.4 Å². The molecule has 35 heavy (non-hydrogen) atoms. The first-order valence-electron chi connectivity index (χ1n) is 14.8. The van der Waals surface area contributed by atoms with Gasteiger partial charge >= 0.3 is 0 Å². The molecular formula is C32H50O2Si. The van der Waals surface area contributed by atoms with Crippen molar-refractivity contribution < 1.29 is 9.84 Å². The smallest absolute Gasteiger partial charge is 0.151 e. The topological polar surface area (TPSA) is 29.5 Å². The maximum absolute atomic E-state index is 12.3. The average Bonchev–Trinajstić information content (AvgIpc) is 3.04. The number of aliphatic hydroxyl groups is 1. The summed E-state index contributed by atoms with van der Waals surface area (Å²) in [5.74, 6) is 7.33. The standard InChI is InChI=1S/C32H50O2Si/c1-7-18-35(19-8-2,20-9-3)21-17-32(33)24(5)22-30-29-13-11-25-23-26(34-10-4)12-14-27(25)28(29)15-16-31(30,32)6/h11,23,27-30,33H,5,7-10,12-16,18-20,22H2,1-4,6H3/t27-,28+,29+,30-,31-,32-/m0/s1. The van der Waals surface area contributed by atoms with E-state index in [4.69, 9.17) is 4.74 Å². The van der Waals surface area contributed by atoms with Crippen LogP contribution in [0.25, 0.3) is 0 Å². The van der Waals surface area contributed by atoms with Crippen molar-refractivity contribution in [2.45, 2.75) is 116 Å². The molecule has 0 amide bonds. The molecule has 6 atom stereocenters. The van der Waals surface area contributed by atoms with Gasteiger partial charge in [0.25, 0.3) is 0 Å². The molecule has 0 spiro atoms. The molecule has 2 saturated carbocycles. The molecule has 1 N–H and O–H groups in total. The molecule has 0 unspecified atom stereocenters. The van der Waals surface area contributed by atoms with Crippen molar-refractivity contribution >= 4 is 8.07 Å². The second kappa shape index (κ2) is 10.6. The minimum atomic E-state index is -1.69. The number of rotatable bonds is 8. The summed E-state index contributed by atoms with van der Waals surface area (Å²) in [5, 5.41) is 12.3. The molecule has 0 aromatic heterocycles. The third kappa shape index (κ3) is 4.64. The van der Waals surface area contributed by atoms with E-state index in [0.717, 1.165) is 43.8 Å². The highest BCUT2D eigenvalue weighted by Crippen LogP contribution is 2.65. The molecule has 0 bridgehead atoms. The molecule has 2 fully saturated rings. The zero-order valence-corrected chi connectivity index (χ0v) is 24.2. The highest BCUT2D eigenvalue weighted by Gasteiger charge is 2.63. The lowest BCUT2D eigenvalue weighted by Crippen LogP contribution is -2.52. The van der Waals surface area contributed by atoms with Crippen molar-refractivity contribution in [3.8, 4) is 11.5 Å². The van der Waals surface area contributed by atoms with Crippen LogP contribution in [0.5, 0.6) is 0 Å². The maximum atomic E-state index is 12.3. The summed E-state index contributed by atoms with van der Waals surface area (Å²) in [6.07, 6.45) is 15.1. The fraction of sp³-hybridized carbons (Fsp3) is 0.750. The van der Waals surface area contributed by atoms with Gasteiger partial charge in [-0.05, 0) is 98.1 Å². The van der Waals surface area contributed by atoms with E-state index < -0.39 is 13.7 Å². The summed E-state index contributed by atoms with van der Waals surface area (Å²) in [4.78, 5) is 0. The van der Waals surface area contributed by atoms with Gasteiger partial charge in [-0.1, -0.05) is 65.5 Å². The molecule has 194 valence electrons. The molecule has 0 aromatic rings. The highest BCUT2D eigenvalue weighted by atomic mass is 28.3. The van der Waals surface area contributed by atoms with Crippen LogP contribution < -0.4 is 0 Å². The van der Waals surface area contributed by atoms with Crippen LogP contribution in [0.15, 0.2) is 35.6 Å². The van der Waals surface area contributed by atoms with Gasteiger partial charge in [0.05, 0.1) is 12.4 Å². The fourth-order valence-corrected chi connectivity index (χ4v) is 13.1. The lowest BCUT2D eigenvalue weighted by atomic mass is 9.51. The summed E-state index contributed by atoms with van der Waals surface area (Å²) in [6.45, 7) is 16.6. The molecule has 2 nitrogen and oxygen atoms in total. The van der Waals surface area contributed by atoms with Gasteiger partial charge in [0.1, 0.15) is 8.07 Å². The van der Waals surface area contributed by atoms with Crippen molar-refractivity contribution in [3.63, 3.8) is 0 Å². The van der Waals surface area contributed by atoms with Gasteiger partial charge in [-0.25, -0.2) is 0 Å². The van der Waals surface area contributed by atoms with Crippen LogP contribution in [0.4, 0.5) is 0 Å². The van der Waals surface area contributed by atoms with Crippen LogP contribution in [0.3, 0.4) is 0 Å². The minimum absolute atomic E-state index is 0.171. The Morgan fingerprint density at radius 2 is 1.77 bits per heavy atom. The van der Waals surface area contributed by atoms with Gasteiger partial charge in [0.2, 0.25) is 0 Å². The number of ether oxygens (including phenoxy) is 1. The van der Waals surface area contributed by atoms with E-state index in [0.29, 0.717) is 17.8 Å². The first-order chi connectivity index (χ1) is 16.8. The molecule has 0 radical (unpaired) electrons. The summed E-state index contributed by atoms with van der Waals surface area (Å²) < 4.78 is 5.86. The Morgan fingerprint density at radius 1 is 1.09 bits per heavy atom. The molecule has 4 rings (SSSR count). The van der Waals surface area contributed by atoms with Gasteiger partial charge in [-0.3, -0.25) is 0 Å². The summed E-state index contributed by atoms with van der Waals surface area (Å²) in [7, 11) is -1.69. The first-order valence-corrected chi connectivity index (χ1v) is 17.4. The second-order valence-corrected chi connectivity index (χ2v) is 16.6. The lowest BCUT2D eigenvalue weighted by Gasteiger charge is -2.53. The quantitative estimate of drug-likeness (QED) is 0.209. The number of fused-ring (bicyclic) bond motifs is 5. The molecular weight excluding hydrogens is 444 g/mol. The minimum Gasteiger partial charge on any atom is -0.498 e.